The van der Waals surface area contributed by atoms with E-state index in [-0.39, 0.29) is 0 Å². The van der Waals surface area contributed by atoms with E-state index in [1.165, 1.54) is 54.4 Å². The number of hydrogen-bond acceptors (Lipinski definition) is 1. The molecular weight excluding hydrogens is 573 g/mol. The average molecular weight is 599 g/mol. The van der Waals surface area contributed by atoms with Crippen LogP contribution >= 0.6 is 0 Å². The molecule has 0 bridgehead atoms. The minimum atomic E-state index is 0.653. The molecule has 10 aromatic rings. The topological polar surface area (TPSA) is 38.6 Å². The van der Waals surface area contributed by atoms with Gasteiger partial charge in [-0.1, -0.05) is 84.9 Å². The molecule has 47 heavy (non-hydrogen) atoms. The Morgan fingerprint density at radius 3 is 1.26 bits per heavy atom. The Kier molecular flexibility index (Phi) is 5.32. The smallest absolute Gasteiger partial charge is 0.0991 e. The number of benzene rings is 7. The number of nitrogens with zero attached hydrogens (tertiary/aromatic N) is 4. The van der Waals surface area contributed by atoms with E-state index in [2.05, 4.69) is 153 Å². The van der Waals surface area contributed by atoms with Gasteiger partial charge in [0.25, 0.3) is 0 Å². The van der Waals surface area contributed by atoms with E-state index in [1.807, 2.05) is 24.3 Å². The van der Waals surface area contributed by atoms with Crippen molar-refractivity contribution in [1.82, 2.24) is 13.7 Å². The van der Waals surface area contributed by atoms with Gasteiger partial charge in [-0.05, 0) is 72.8 Å². The molecule has 4 nitrogen and oxygen atoms in total. The molecule has 3 aromatic heterocycles. The highest BCUT2D eigenvalue weighted by molar-refractivity contribution is 6.31. The van der Waals surface area contributed by atoms with Crippen molar-refractivity contribution in [2.75, 3.05) is 0 Å². The van der Waals surface area contributed by atoms with Crippen LogP contribution in [0, 0.1) is 11.3 Å². The molecule has 0 unspecified atom stereocenters. The molecule has 0 N–H and O–H groups in total. The van der Waals surface area contributed by atoms with Gasteiger partial charge in [0.1, 0.15) is 0 Å². The highest BCUT2D eigenvalue weighted by atomic mass is 15.0. The molecule has 0 spiro atoms. The zero-order chi connectivity index (χ0) is 31.1. The number of fused-ring (bicyclic) bond motifs is 11. The van der Waals surface area contributed by atoms with Gasteiger partial charge < -0.3 is 13.7 Å². The standard InChI is InChI=1S/C43H26N4/c44-27-28-19-21-31(22-20-28)46-37-18-10-8-16-35(37)41-39(46)26-24-33-32-23-25-38-40(42(32)47(43(33)41)30-13-5-2-6-14-30)34-15-7-9-17-36(34)45(38)29-11-3-1-4-12-29/h1-26H. The summed E-state index contributed by atoms with van der Waals surface area (Å²) < 4.78 is 7.21. The van der Waals surface area contributed by atoms with Crippen LogP contribution in [0.3, 0.4) is 0 Å². The van der Waals surface area contributed by atoms with Gasteiger partial charge in [-0.15, -0.1) is 0 Å². The Balaban J connectivity index is 1.45. The van der Waals surface area contributed by atoms with Crippen molar-refractivity contribution in [3.8, 4) is 23.1 Å². The lowest BCUT2D eigenvalue weighted by atomic mass is 10.1. The molecule has 218 valence electrons. The lowest BCUT2D eigenvalue weighted by Gasteiger charge is -2.11. The Bertz CT molecular complexity index is 2880. The zero-order valence-corrected chi connectivity index (χ0v) is 25.3. The van der Waals surface area contributed by atoms with Crippen LogP contribution in [0.1, 0.15) is 5.56 Å². The largest absolute Gasteiger partial charge is 0.309 e. The summed E-state index contributed by atoms with van der Waals surface area (Å²) in [6.07, 6.45) is 0. The van der Waals surface area contributed by atoms with Gasteiger partial charge in [-0.3, -0.25) is 0 Å². The highest BCUT2D eigenvalue weighted by Crippen LogP contribution is 2.45. The SMILES string of the molecule is N#Cc1ccc(-n2c3ccccc3c3c2ccc2c4ccc5c(c6ccccc6n5-c5ccccc5)c4n(-c4ccccc4)c23)cc1. The van der Waals surface area contributed by atoms with Crippen LogP contribution < -0.4 is 0 Å². The third-order valence-corrected chi connectivity index (χ3v) is 9.64. The molecule has 0 aliphatic rings. The van der Waals surface area contributed by atoms with Gasteiger partial charge in [0.2, 0.25) is 0 Å². The van der Waals surface area contributed by atoms with E-state index in [9.17, 15) is 5.26 Å². The summed E-state index contributed by atoms with van der Waals surface area (Å²) in [6.45, 7) is 0. The summed E-state index contributed by atoms with van der Waals surface area (Å²) in [5.41, 5.74) is 11.0. The molecule has 0 atom stereocenters. The molecule has 0 amide bonds. The maximum absolute atomic E-state index is 9.48. The van der Waals surface area contributed by atoms with E-state index < -0.39 is 0 Å². The first-order valence-corrected chi connectivity index (χ1v) is 15.9. The first-order valence-electron chi connectivity index (χ1n) is 15.9. The second kappa shape index (κ2) is 9.71. The molecule has 0 fully saturated rings. The minimum absolute atomic E-state index is 0.653. The Labute approximate surface area is 270 Å². The lowest BCUT2D eigenvalue weighted by molar-refractivity contribution is 1.17. The van der Waals surface area contributed by atoms with Gasteiger partial charge in [-0.2, -0.15) is 5.26 Å². The maximum atomic E-state index is 9.48. The lowest BCUT2D eigenvalue weighted by Crippen LogP contribution is -1.96. The van der Waals surface area contributed by atoms with Crippen LogP contribution in [0.15, 0.2) is 158 Å². The van der Waals surface area contributed by atoms with Crippen molar-refractivity contribution >= 4 is 65.4 Å². The van der Waals surface area contributed by atoms with Crippen LogP contribution in [0.25, 0.3) is 82.5 Å². The molecule has 4 heteroatoms. The third kappa shape index (κ3) is 3.51. The van der Waals surface area contributed by atoms with Crippen LogP contribution in [-0.4, -0.2) is 13.7 Å². The van der Waals surface area contributed by atoms with Crippen LogP contribution in [-0.2, 0) is 0 Å². The second-order valence-corrected chi connectivity index (χ2v) is 12.1. The number of nitriles is 1. The van der Waals surface area contributed by atoms with Crippen LogP contribution in [0.2, 0.25) is 0 Å². The molecule has 7 aromatic carbocycles. The third-order valence-electron chi connectivity index (χ3n) is 9.64. The summed E-state index contributed by atoms with van der Waals surface area (Å²) in [5, 5.41) is 16.8. The number of aromatic nitrogens is 3. The summed E-state index contributed by atoms with van der Waals surface area (Å²) in [5.74, 6) is 0. The zero-order valence-electron chi connectivity index (χ0n) is 25.3. The van der Waals surface area contributed by atoms with Gasteiger partial charge in [0.15, 0.2) is 0 Å². The quantitative estimate of drug-likeness (QED) is 0.199. The number of rotatable bonds is 3. The molecule has 0 aliphatic carbocycles. The Morgan fingerprint density at radius 1 is 0.340 bits per heavy atom. The summed E-state index contributed by atoms with van der Waals surface area (Å²) in [7, 11) is 0. The Morgan fingerprint density at radius 2 is 0.766 bits per heavy atom. The maximum Gasteiger partial charge on any atom is 0.0991 e. The van der Waals surface area contributed by atoms with Crippen molar-refractivity contribution in [3.05, 3.63) is 163 Å². The van der Waals surface area contributed by atoms with E-state index in [1.54, 1.807) is 0 Å². The normalized spacial score (nSPS) is 11.8. The van der Waals surface area contributed by atoms with Crippen molar-refractivity contribution in [2.45, 2.75) is 0 Å². The van der Waals surface area contributed by atoms with Gasteiger partial charge in [0.05, 0.1) is 44.7 Å². The van der Waals surface area contributed by atoms with Crippen LogP contribution in [0.5, 0.6) is 0 Å². The number of hydrogen-bond donors (Lipinski definition) is 0. The van der Waals surface area contributed by atoms with Gasteiger partial charge >= 0.3 is 0 Å². The predicted octanol–water partition coefficient (Wildman–Crippen LogP) is 10.8. The van der Waals surface area contributed by atoms with Gasteiger partial charge in [-0.25, -0.2) is 0 Å². The number of para-hydroxylation sites is 4. The monoisotopic (exact) mass is 598 g/mol. The molecule has 3 heterocycles. The molecular formula is C43H26N4. The van der Waals surface area contributed by atoms with E-state index in [4.69, 9.17) is 0 Å². The fourth-order valence-electron chi connectivity index (χ4n) is 7.75. The summed E-state index contributed by atoms with van der Waals surface area (Å²) in [6, 6.07) is 58.2. The Hall–Kier alpha value is -6.57. The minimum Gasteiger partial charge on any atom is -0.309 e. The van der Waals surface area contributed by atoms with Crippen molar-refractivity contribution < 1.29 is 0 Å². The molecule has 0 aliphatic heterocycles. The van der Waals surface area contributed by atoms with E-state index in [0.717, 1.165) is 28.1 Å². The van der Waals surface area contributed by atoms with E-state index >= 15 is 0 Å². The fourth-order valence-corrected chi connectivity index (χ4v) is 7.75. The molecule has 0 saturated carbocycles. The summed E-state index contributed by atoms with van der Waals surface area (Å²) in [4.78, 5) is 0. The first-order chi connectivity index (χ1) is 23.3. The van der Waals surface area contributed by atoms with Crippen LogP contribution in [0.4, 0.5) is 0 Å². The predicted molar refractivity (Wildman–Crippen MR) is 194 cm³/mol. The first kappa shape index (κ1) is 25.7. The summed E-state index contributed by atoms with van der Waals surface area (Å²) >= 11 is 0. The fraction of sp³-hybridized carbons (Fsp3) is 0. The highest BCUT2D eigenvalue weighted by Gasteiger charge is 2.24. The molecule has 0 radical (unpaired) electrons. The van der Waals surface area contributed by atoms with Gasteiger partial charge in [0, 0.05) is 49.4 Å². The van der Waals surface area contributed by atoms with Crippen molar-refractivity contribution in [1.29, 1.82) is 5.26 Å². The molecule has 0 saturated heterocycles. The second-order valence-electron chi connectivity index (χ2n) is 12.1. The van der Waals surface area contributed by atoms with Crippen molar-refractivity contribution in [3.63, 3.8) is 0 Å². The molecule has 10 rings (SSSR count). The van der Waals surface area contributed by atoms with E-state index in [0.29, 0.717) is 5.56 Å². The van der Waals surface area contributed by atoms with Crippen molar-refractivity contribution in [2.24, 2.45) is 0 Å². The average Bonchev–Trinajstić information content (AvgIpc) is 3.78.